The second-order valence-corrected chi connectivity index (χ2v) is 7.52. The monoisotopic (exact) mass is 293 g/mol. The zero-order valence-electron chi connectivity index (χ0n) is 13.5. The summed E-state index contributed by atoms with van der Waals surface area (Å²) in [7, 11) is 0. The van der Waals surface area contributed by atoms with E-state index in [0.717, 1.165) is 45.2 Å². The Bertz CT molecular complexity index is 365. The zero-order chi connectivity index (χ0) is 14.8. The smallest absolute Gasteiger partial charge is 0.223 e. The predicted molar refractivity (Wildman–Crippen MR) is 84.9 cm³/mol. The summed E-state index contributed by atoms with van der Waals surface area (Å²) in [5.74, 6) is 0.974. The highest BCUT2D eigenvalue weighted by atomic mass is 16.2. The maximum atomic E-state index is 12.7. The molecule has 2 N–H and O–H groups in total. The first kappa shape index (κ1) is 15.3. The SMILES string of the molecule is CC1CN2CCCCC2CN1C(=O)CC1CCC(N)CC1. The molecule has 0 radical (unpaired) electrons. The molecule has 2 heterocycles. The fourth-order valence-electron chi connectivity index (χ4n) is 4.46. The van der Waals surface area contributed by atoms with Crippen LogP contribution in [-0.4, -0.2) is 53.5 Å². The van der Waals surface area contributed by atoms with Crippen LogP contribution < -0.4 is 5.73 Å². The number of hydrogen-bond donors (Lipinski definition) is 1. The van der Waals surface area contributed by atoms with Crippen LogP contribution in [0.1, 0.15) is 58.3 Å². The van der Waals surface area contributed by atoms with Gasteiger partial charge in [-0.05, 0) is 57.9 Å². The lowest BCUT2D eigenvalue weighted by Gasteiger charge is -2.47. The molecule has 1 aliphatic carbocycles. The van der Waals surface area contributed by atoms with Crippen LogP contribution in [0.15, 0.2) is 0 Å². The zero-order valence-corrected chi connectivity index (χ0v) is 13.5. The van der Waals surface area contributed by atoms with E-state index in [2.05, 4.69) is 16.7 Å². The Morgan fingerprint density at radius 1 is 1.10 bits per heavy atom. The number of amides is 1. The minimum atomic E-state index is 0.376. The molecule has 3 rings (SSSR count). The van der Waals surface area contributed by atoms with E-state index in [4.69, 9.17) is 5.73 Å². The molecular weight excluding hydrogens is 262 g/mol. The summed E-state index contributed by atoms with van der Waals surface area (Å²) in [6.45, 7) is 5.50. The van der Waals surface area contributed by atoms with Crippen LogP contribution in [0.5, 0.6) is 0 Å². The van der Waals surface area contributed by atoms with Gasteiger partial charge in [0.2, 0.25) is 5.91 Å². The van der Waals surface area contributed by atoms with E-state index in [1.165, 1.54) is 25.8 Å². The van der Waals surface area contributed by atoms with E-state index in [1.807, 2.05) is 0 Å². The number of piperidine rings is 1. The highest BCUT2D eigenvalue weighted by Gasteiger charge is 2.35. The Morgan fingerprint density at radius 3 is 2.62 bits per heavy atom. The highest BCUT2D eigenvalue weighted by molar-refractivity contribution is 5.77. The summed E-state index contributed by atoms with van der Waals surface area (Å²) >= 11 is 0. The quantitative estimate of drug-likeness (QED) is 0.847. The first-order valence-corrected chi connectivity index (χ1v) is 8.92. The van der Waals surface area contributed by atoms with Gasteiger partial charge in [-0.3, -0.25) is 9.69 Å². The average Bonchev–Trinajstić information content (AvgIpc) is 2.49. The lowest BCUT2D eigenvalue weighted by atomic mass is 9.84. The lowest BCUT2D eigenvalue weighted by Crippen LogP contribution is -2.60. The molecule has 0 bridgehead atoms. The molecule has 1 amide bonds. The number of hydrogen-bond acceptors (Lipinski definition) is 3. The minimum Gasteiger partial charge on any atom is -0.337 e. The Kier molecular flexibility index (Phi) is 4.85. The van der Waals surface area contributed by atoms with Crippen molar-refractivity contribution in [3.05, 3.63) is 0 Å². The first-order chi connectivity index (χ1) is 10.1. The largest absolute Gasteiger partial charge is 0.337 e. The molecule has 2 aliphatic heterocycles. The van der Waals surface area contributed by atoms with Crippen molar-refractivity contribution in [2.75, 3.05) is 19.6 Å². The topological polar surface area (TPSA) is 49.6 Å². The number of rotatable bonds is 2. The van der Waals surface area contributed by atoms with Crippen molar-refractivity contribution in [1.29, 1.82) is 0 Å². The summed E-state index contributed by atoms with van der Waals surface area (Å²) in [5.41, 5.74) is 5.96. The molecule has 1 saturated carbocycles. The van der Waals surface area contributed by atoms with Crippen molar-refractivity contribution in [2.45, 2.75) is 76.4 Å². The van der Waals surface area contributed by atoms with Crippen molar-refractivity contribution in [2.24, 2.45) is 11.7 Å². The van der Waals surface area contributed by atoms with Gasteiger partial charge in [-0.2, -0.15) is 0 Å². The second kappa shape index (κ2) is 6.66. The lowest BCUT2D eigenvalue weighted by molar-refractivity contribution is -0.139. The van der Waals surface area contributed by atoms with Gasteiger partial charge in [-0.1, -0.05) is 6.42 Å². The van der Waals surface area contributed by atoms with Gasteiger partial charge in [0, 0.05) is 37.6 Å². The number of nitrogens with two attached hydrogens (primary N) is 1. The van der Waals surface area contributed by atoms with E-state index in [9.17, 15) is 4.79 Å². The van der Waals surface area contributed by atoms with Gasteiger partial charge < -0.3 is 10.6 Å². The minimum absolute atomic E-state index is 0.376. The molecular formula is C17H31N3O. The molecule has 0 aromatic heterocycles. The van der Waals surface area contributed by atoms with Crippen molar-refractivity contribution < 1.29 is 4.79 Å². The third-order valence-electron chi connectivity index (χ3n) is 5.86. The Hall–Kier alpha value is -0.610. The number of carbonyl (C=O) groups is 1. The predicted octanol–water partition coefficient (Wildman–Crippen LogP) is 1.98. The molecule has 0 aromatic rings. The summed E-state index contributed by atoms with van der Waals surface area (Å²) < 4.78 is 0. The summed E-state index contributed by atoms with van der Waals surface area (Å²) in [6, 6.07) is 1.39. The summed E-state index contributed by atoms with van der Waals surface area (Å²) in [5, 5.41) is 0. The van der Waals surface area contributed by atoms with E-state index in [0.29, 0.717) is 30.0 Å². The van der Waals surface area contributed by atoms with Crippen LogP contribution >= 0.6 is 0 Å². The number of fused-ring (bicyclic) bond motifs is 1. The Labute approximate surface area is 129 Å². The van der Waals surface area contributed by atoms with Crippen molar-refractivity contribution in [3.63, 3.8) is 0 Å². The van der Waals surface area contributed by atoms with Crippen LogP contribution in [0.2, 0.25) is 0 Å². The normalized spacial score (nSPS) is 38.1. The highest BCUT2D eigenvalue weighted by Crippen LogP contribution is 2.29. The van der Waals surface area contributed by atoms with Crippen molar-refractivity contribution >= 4 is 5.91 Å². The number of piperazine rings is 1. The maximum Gasteiger partial charge on any atom is 0.223 e. The maximum absolute atomic E-state index is 12.7. The van der Waals surface area contributed by atoms with E-state index in [1.54, 1.807) is 0 Å². The standard InChI is InChI=1S/C17H31N3O/c1-13-11-19-9-3-2-4-16(19)12-20(13)17(21)10-14-5-7-15(18)8-6-14/h13-16H,2-12,18H2,1H3. The molecule has 0 aromatic carbocycles. The van der Waals surface area contributed by atoms with E-state index in [-0.39, 0.29) is 0 Å². The number of nitrogens with zero attached hydrogens (tertiary/aromatic N) is 2. The Balaban J connectivity index is 1.54. The number of carbonyl (C=O) groups excluding carboxylic acids is 1. The average molecular weight is 293 g/mol. The van der Waals surface area contributed by atoms with Crippen molar-refractivity contribution in [1.82, 2.24) is 9.80 Å². The van der Waals surface area contributed by atoms with Crippen LogP contribution in [0.4, 0.5) is 0 Å². The van der Waals surface area contributed by atoms with Gasteiger partial charge in [0.15, 0.2) is 0 Å². The third-order valence-corrected chi connectivity index (χ3v) is 5.86. The third kappa shape index (κ3) is 3.59. The molecule has 4 nitrogen and oxygen atoms in total. The molecule has 21 heavy (non-hydrogen) atoms. The summed E-state index contributed by atoms with van der Waals surface area (Å²) in [6.07, 6.45) is 9.18. The van der Waals surface area contributed by atoms with E-state index < -0.39 is 0 Å². The van der Waals surface area contributed by atoms with Gasteiger partial charge in [0.25, 0.3) is 0 Å². The molecule has 3 aliphatic rings. The van der Waals surface area contributed by atoms with Gasteiger partial charge in [-0.25, -0.2) is 0 Å². The molecule has 2 unspecified atom stereocenters. The summed E-state index contributed by atoms with van der Waals surface area (Å²) in [4.78, 5) is 17.5. The molecule has 120 valence electrons. The van der Waals surface area contributed by atoms with Crippen LogP contribution in [0, 0.1) is 5.92 Å². The molecule has 0 spiro atoms. The molecule has 2 saturated heterocycles. The van der Waals surface area contributed by atoms with Crippen LogP contribution in [0.3, 0.4) is 0 Å². The van der Waals surface area contributed by atoms with Gasteiger partial charge >= 0.3 is 0 Å². The van der Waals surface area contributed by atoms with Crippen LogP contribution in [-0.2, 0) is 4.79 Å². The first-order valence-electron chi connectivity index (χ1n) is 8.92. The van der Waals surface area contributed by atoms with E-state index >= 15 is 0 Å². The van der Waals surface area contributed by atoms with Gasteiger partial charge in [0.05, 0.1) is 0 Å². The fraction of sp³-hybridized carbons (Fsp3) is 0.941. The molecule has 2 atom stereocenters. The van der Waals surface area contributed by atoms with Gasteiger partial charge in [0.1, 0.15) is 0 Å². The van der Waals surface area contributed by atoms with Gasteiger partial charge in [-0.15, -0.1) is 0 Å². The molecule has 3 fully saturated rings. The second-order valence-electron chi connectivity index (χ2n) is 7.52. The van der Waals surface area contributed by atoms with Crippen LogP contribution in [0.25, 0.3) is 0 Å². The molecule has 4 heteroatoms. The fourth-order valence-corrected chi connectivity index (χ4v) is 4.46. The van der Waals surface area contributed by atoms with Crippen molar-refractivity contribution in [3.8, 4) is 0 Å². The Morgan fingerprint density at radius 2 is 1.86 bits per heavy atom.